The molecule has 2 aromatic carbocycles. The number of halogens is 1. The van der Waals surface area contributed by atoms with Gasteiger partial charge >= 0.3 is 0 Å². The SMILES string of the molecule is O=C1COc2ccc(CNc3cccc(I)c3)cc2N1. The third kappa shape index (κ3) is 3.04. The Morgan fingerprint density at radius 3 is 3.00 bits per heavy atom. The number of carbonyl (C=O) groups excluding carboxylic acids is 1. The molecule has 1 heterocycles. The zero-order valence-corrected chi connectivity index (χ0v) is 12.8. The van der Waals surface area contributed by atoms with Gasteiger partial charge in [-0.25, -0.2) is 0 Å². The second kappa shape index (κ2) is 5.70. The quantitative estimate of drug-likeness (QED) is 0.804. The van der Waals surface area contributed by atoms with Crippen LogP contribution in [0.25, 0.3) is 0 Å². The van der Waals surface area contributed by atoms with Gasteiger partial charge in [-0.1, -0.05) is 12.1 Å². The highest BCUT2D eigenvalue weighted by Gasteiger charge is 2.15. The number of hydrogen-bond acceptors (Lipinski definition) is 3. The van der Waals surface area contributed by atoms with Crippen LogP contribution >= 0.6 is 22.6 Å². The summed E-state index contributed by atoms with van der Waals surface area (Å²) in [6.07, 6.45) is 0. The maximum absolute atomic E-state index is 11.3. The Balaban J connectivity index is 1.72. The summed E-state index contributed by atoms with van der Waals surface area (Å²) < 4.78 is 6.53. The largest absolute Gasteiger partial charge is 0.482 e. The molecule has 2 aromatic rings. The fourth-order valence-electron chi connectivity index (χ4n) is 2.04. The summed E-state index contributed by atoms with van der Waals surface area (Å²) in [6.45, 7) is 0.788. The topological polar surface area (TPSA) is 50.4 Å². The number of nitrogens with one attached hydrogen (secondary N) is 2. The van der Waals surface area contributed by atoms with E-state index in [1.165, 1.54) is 3.57 Å². The average molecular weight is 380 g/mol. The molecule has 0 unspecified atom stereocenters. The van der Waals surface area contributed by atoms with Crippen LogP contribution in [0.1, 0.15) is 5.56 Å². The lowest BCUT2D eigenvalue weighted by Crippen LogP contribution is -2.25. The average Bonchev–Trinajstić information content (AvgIpc) is 2.45. The highest BCUT2D eigenvalue weighted by molar-refractivity contribution is 14.1. The molecule has 0 spiro atoms. The lowest BCUT2D eigenvalue weighted by Gasteiger charge is -2.18. The molecular formula is C15H13IN2O2. The Morgan fingerprint density at radius 2 is 2.15 bits per heavy atom. The molecule has 0 fully saturated rings. The number of carbonyl (C=O) groups is 1. The van der Waals surface area contributed by atoms with Crippen LogP contribution in [0.4, 0.5) is 11.4 Å². The van der Waals surface area contributed by atoms with Crippen molar-refractivity contribution < 1.29 is 9.53 Å². The van der Waals surface area contributed by atoms with Gasteiger partial charge in [-0.05, 0) is 58.5 Å². The van der Waals surface area contributed by atoms with Gasteiger partial charge < -0.3 is 15.4 Å². The molecule has 5 heteroatoms. The summed E-state index contributed by atoms with van der Waals surface area (Å²) in [4.78, 5) is 11.3. The summed E-state index contributed by atoms with van der Waals surface area (Å²) in [6, 6.07) is 14.0. The maximum Gasteiger partial charge on any atom is 0.262 e. The molecule has 4 nitrogen and oxygen atoms in total. The molecule has 2 N–H and O–H groups in total. The van der Waals surface area contributed by atoms with E-state index in [2.05, 4.69) is 45.4 Å². The van der Waals surface area contributed by atoms with Crippen LogP contribution in [0.3, 0.4) is 0 Å². The van der Waals surface area contributed by atoms with Crippen molar-refractivity contribution in [2.24, 2.45) is 0 Å². The molecule has 0 saturated carbocycles. The first-order valence-electron chi connectivity index (χ1n) is 6.26. The minimum atomic E-state index is -0.111. The lowest BCUT2D eigenvalue weighted by atomic mass is 10.1. The number of hydrogen-bond donors (Lipinski definition) is 2. The zero-order chi connectivity index (χ0) is 13.9. The van der Waals surface area contributed by atoms with Crippen LogP contribution in [0.15, 0.2) is 42.5 Å². The molecule has 1 aliphatic rings. The minimum absolute atomic E-state index is 0.0903. The number of benzene rings is 2. The second-order valence-electron chi connectivity index (χ2n) is 4.53. The summed E-state index contributed by atoms with van der Waals surface area (Å²) in [7, 11) is 0. The molecular weight excluding hydrogens is 367 g/mol. The molecule has 1 amide bonds. The van der Waals surface area contributed by atoms with E-state index in [0.717, 1.165) is 22.7 Å². The molecule has 0 aromatic heterocycles. The number of fused-ring (bicyclic) bond motifs is 1. The Hall–Kier alpha value is -1.76. The fraction of sp³-hybridized carbons (Fsp3) is 0.133. The van der Waals surface area contributed by atoms with Gasteiger partial charge in [-0.3, -0.25) is 4.79 Å². The van der Waals surface area contributed by atoms with Crippen LogP contribution in [0.5, 0.6) is 5.75 Å². The highest BCUT2D eigenvalue weighted by Crippen LogP contribution is 2.28. The lowest BCUT2D eigenvalue weighted by molar-refractivity contribution is -0.118. The van der Waals surface area contributed by atoms with Gasteiger partial charge in [-0.2, -0.15) is 0 Å². The Labute approximate surface area is 130 Å². The summed E-state index contributed by atoms with van der Waals surface area (Å²) in [5.74, 6) is 0.614. The van der Waals surface area contributed by atoms with E-state index in [0.29, 0.717) is 6.54 Å². The standard InChI is InChI=1S/C15H13IN2O2/c16-11-2-1-3-12(7-11)17-8-10-4-5-14-13(6-10)18-15(19)9-20-14/h1-7,17H,8-9H2,(H,18,19). The van der Waals surface area contributed by atoms with E-state index in [1.54, 1.807) is 0 Å². The minimum Gasteiger partial charge on any atom is -0.482 e. The van der Waals surface area contributed by atoms with Crippen molar-refractivity contribution >= 4 is 39.9 Å². The van der Waals surface area contributed by atoms with Gasteiger partial charge in [0, 0.05) is 15.8 Å². The number of ether oxygens (including phenoxy) is 1. The predicted molar refractivity (Wildman–Crippen MR) is 87.1 cm³/mol. The summed E-state index contributed by atoms with van der Waals surface area (Å²) in [5, 5.41) is 6.18. The van der Waals surface area contributed by atoms with Crippen molar-refractivity contribution in [2.75, 3.05) is 17.2 Å². The van der Waals surface area contributed by atoms with Gasteiger partial charge in [0.05, 0.1) is 5.69 Å². The van der Waals surface area contributed by atoms with E-state index < -0.39 is 0 Å². The van der Waals surface area contributed by atoms with Crippen molar-refractivity contribution in [3.8, 4) is 5.75 Å². The first-order chi connectivity index (χ1) is 9.70. The number of rotatable bonds is 3. The monoisotopic (exact) mass is 380 g/mol. The molecule has 1 aliphatic heterocycles. The van der Waals surface area contributed by atoms with E-state index in [9.17, 15) is 4.79 Å². The summed E-state index contributed by atoms with van der Waals surface area (Å²) in [5.41, 5.74) is 2.91. The van der Waals surface area contributed by atoms with Crippen molar-refractivity contribution in [1.29, 1.82) is 0 Å². The zero-order valence-electron chi connectivity index (χ0n) is 10.7. The molecule has 0 aliphatic carbocycles. The smallest absolute Gasteiger partial charge is 0.262 e. The molecule has 102 valence electrons. The first kappa shape index (κ1) is 13.2. The molecule has 20 heavy (non-hydrogen) atoms. The van der Waals surface area contributed by atoms with E-state index in [-0.39, 0.29) is 12.5 Å². The Kier molecular flexibility index (Phi) is 3.77. The van der Waals surface area contributed by atoms with E-state index in [4.69, 9.17) is 4.74 Å². The van der Waals surface area contributed by atoms with Gasteiger partial charge in [0.1, 0.15) is 5.75 Å². The first-order valence-corrected chi connectivity index (χ1v) is 7.33. The van der Waals surface area contributed by atoms with E-state index in [1.807, 2.05) is 30.3 Å². The predicted octanol–water partition coefficient (Wildman–Crippen LogP) is 3.23. The fourth-order valence-corrected chi connectivity index (χ4v) is 2.59. The van der Waals surface area contributed by atoms with Crippen molar-refractivity contribution in [2.45, 2.75) is 6.54 Å². The van der Waals surface area contributed by atoms with Crippen molar-refractivity contribution in [1.82, 2.24) is 0 Å². The number of amides is 1. The van der Waals surface area contributed by atoms with Crippen LogP contribution in [0, 0.1) is 3.57 Å². The van der Waals surface area contributed by atoms with Gasteiger partial charge in [0.25, 0.3) is 5.91 Å². The third-order valence-corrected chi connectivity index (χ3v) is 3.67. The highest BCUT2D eigenvalue weighted by atomic mass is 127. The van der Waals surface area contributed by atoms with Crippen LogP contribution in [-0.4, -0.2) is 12.5 Å². The van der Waals surface area contributed by atoms with E-state index >= 15 is 0 Å². The van der Waals surface area contributed by atoms with Crippen LogP contribution in [0.2, 0.25) is 0 Å². The Bertz CT molecular complexity index is 658. The van der Waals surface area contributed by atoms with Crippen LogP contribution in [-0.2, 0) is 11.3 Å². The third-order valence-electron chi connectivity index (χ3n) is 3.00. The summed E-state index contributed by atoms with van der Waals surface area (Å²) >= 11 is 2.29. The normalized spacial score (nSPS) is 13.2. The molecule has 0 atom stereocenters. The molecule has 0 bridgehead atoms. The van der Waals surface area contributed by atoms with Crippen LogP contribution < -0.4 is 15.4 Å². The maximum atomic E-state index is 11.3. The van der Waals surface area contributed by atoms with Crippen molar-refractivity contribution in [3.63, 3.8) is 0 Å². The van der Waals surface area contributed by atoms with Gasteiger partial charge in [-0.15, -0.1) is 0 Å². The van der Waals surface area contributed by atoms with Crippen molar-refractivity contribution in [3.05, 3.63) is 51.6 Å². The Morgan fingerprint density at radius 1 is 1.25 bits per heavy atom. The number of anilines is 2. The van der Waals surface area contributed by atoms with Gasteiger partial charge in [0.2, 0.25) is 0 Å². The molecule has 3 rings (SSSR count). The molecule has 0 radical (unpaired) electrons. The molecule has 0 saturated heterocycles. The van der Waals surface area contributed by atoms with Gasteiger partial charge in [0.15, 0.2) is 6.61 Å². The second-order valence-corrected chi connectivity index (χ2v) is 5.78.